The van der Waals surface area contributed by atoms with Gasteiger partial charge in [-0.25, -0.2) is 4.39 Å². The van der Waals surface area contributed by atoms with Crippen LogP contribution in [0.2, 0.25) is 5.02 Å². The molecule has 0 atom stereocenters. The molecule has 0 heterocycles. The minimum atomic E-state index is -0.203. The highest BCUT2D eigenvalue weighted by atomic mass is 35.5. The first kappa shape index (κ1) is 9.67. The van der Waals surface area contributed by atoms with Crippen molar-refractivity contribution in [1.29, 1.82) is 0 Å². The molecular formula is C13H9ClFN. The maximum Gasteiger partial charge on any atom is 0.123 e. The second kappa shape index (κ2) is 3.22. The highest BCUT2D eigenvalue weighted by Gasteiger charge is 2.20. The van der Waals surface area contributed by atoms with Crippen molar-refractivity contribution < 1.29 is 4.39 Å². The summed E-state index contributed by atoms with van der Waals surface area (Å²) in [5.74, 6) is -0.203. The fourth-order valence-electron chi connectivity index (χ4n) is 2.21. The molecule has 0 aliphatic heterocycles. The number of anilines is 1. The lowest BCUT2D eigenvalue weighted by Crippen LogP contribution is -1.89. The van der Waals surface area contributed by atoms with Crippen LogP contribution in [0.1, 0.15) is 11.1 Å². The molecule has 0 radical (unpaired) electrons. The van der Waals surface area contributed by atoms with Crippen LogP contribution in [0.15, 0.2) is 30.3 Å². The number of rotatable bonds is 0. The Morgan fingerprint density at radius 3 is 2.62 bits per heavy atom. The Morgan fingerprint density at radius 2 is 1.81 bits per heavy atom. The second-order valence-electron chi connectivity index (χ2n) is 4.01. The Kier molecular flexibility index (Phi) is 1.95. The number of halogens is 2. The molecule has 0 saturated heterocycles. The van der Waals surface area contributed by atoms with E-state index in [1.54, 1.807) is 12.1 Å². The fourth-order valence-corrected chi connectivity index (χ4v) is 2.37. The van der Waals surface area contributed by atoms with E-state index in [2.05, 4.69) is 0 Å². The number of fused-ring (bicyclic) bond motifs is 3. The predicted octanol–water partition coefficient (Wildman–Crippen LogP) is 3.63. The van der Waals surface area contributed by atoms with E-state index in [1.807, 2.05) is 12.1 Å². The first-order valence-corrected chi connectivity index (χ1v) is 5.39. The van der Waals surface area contributed by atoms with Crippen molar-refractivity contribution in [3.8, 4) is 11.1 Å². The van der Waals surface area contributed by atoms with E-state index in [-0.39, 0.29) is 5.82 Å². The monoisotopic (exact) mass is 233 g/mol. The number of nitrogen functional groups attached to an aromatic ring is 1. The molecule has 0 spiro atoms. The summed E-state index contributed by atoms with van der Waals surface area (Å²) < 4.78 is 13.1. The van der Waals surface area contributed by atoms with Crippen molar-refractivity contribution in [3.05, 3.63) is 52.3 Å². The molecule has 2 N–H and O–H groups in total. The van der Waals surface area contributed by atoms with Gasteiger partial charge in [-0.15, -0.1) is 0 Å². The molecule has 3 heteroatoms. The van der Waals surface area contributed by atoms with Crippen LogP contribution in [0.5, 0.6) is 0 Å². The van der Waals surface area contributed by atoms with Crippen LogP contribution in [0.3, 0.4) is 0 Å². The maximum absolute atomic E-state index is 13.1. The smallest absolute Gasteiger partial charge is 0.123 e. The molecule has 80 valence electrons. The Hall–Kier alpha value is -1.54. The molecule has 1 aliphatic rings. The van der Waals surface area contributed by atoms with Gasteiger partial charge < -0.3 is 5.73 Å². The highest BCUT2D eigenvalue weighted by Crippen LogP contribution is 2.40. The van der Waals surface area contributed by atoms with Crippen LogP contribution >= 0.6 is 11.6 Å². The zero-order chi connectivity index (χ0) is 11.3. The Morgan fingerprint density at radius 1 is 1.06 bits per heavy atom. The van der Waals surface area contributed by atoms with Crippen LogP contribution in [0, 0.1) is 5.82 Å². The lowest BCUT2D eigenvalue weighted by Gasteiger charge is -2.04. The van der Waals surface area contributed by atoms with Gasteiger partial charge in [0.15, 0.2) is 0 Å². The van der Waals surface area contributed by atoms with Crippen molar-refractivity contribution in [2.75, 3.05) is 5.73 Å². The molecule has 0 bridgehead atoms. The third-order valence-electron chi connectivity index (χ3n) is 2.96. The van der Waals surface area contributed by atoms with Crippen molar-refractivity contribution in [2.45, 2.75) is 6.42 Å². The Bertz CT molecular complexity index is 593. The van der Waals surface area contributed by atoms with E-state index in [4.69, 9.17) is 17.3 Å². The second-order valence-corrected chi connectivity index (χ2v) is 4.42. The minimum absolute atomic E-state index is 0.203. The molecule has 16 heavy (non-hydrogen) atoms. The van der Waals surface area contributed by atoms with Crippen molar-refractivity contribution in [2.24, 2.45) is 0 Å². The van der Waals surface area contributed by atoms with Gasteiger partial charge in [0.25, 0.3) is 0 Å². The van der Waals surface area contributed by atoms with E-state index in [1.165, 1.54) is 6.07 Å². The summed E-state index contributed by atoms with van der Waals surface area (Å²) in [4.78, 5) is 0. The molecule has 0 unspecified atom stereocenters. The molecule has 0 amide bonds. The molecule has 0 aromatic heterocycles. The zero-order valence-electron chi connectivity index (χ0n) is 8.43. The molecular weight excluding hydrogens is 225 g/mol. The molecule has 0 fully saturated rings. The first-order chi connectivity index (χ1) is 7.65. The van der Waals surface area contributed by atoms with Gasteiger partial charge in [0.2, 0.25) is 0 Å². The largest absolute Gasteiger partial charge is 0.398 e. The molecule has 2 aromatic carbocycles. The molecule has 0 saturated carbocycles. The zero-order valence-corrected chi connectivity index (χ0v) is 9.18. The fraction of sp³-hybridized carbons (Fsp3) is 0.0769. The van der Waals surface area contributed by atoms with E-state index in [9.17, 15) is 4.39 Å². The summed E-state index contributed by atoms with van der Waals surface area (Å²) in [6.07, 6.45) is 0.726. The standard InChI is InChI=1S/C13H9ClFN/c14-12-6-11-8(5-13(12)16)3-7-4-9(15)1-2-10(7)11/h1-2,4-6H,3,16H2. The molecule has 3 rings (SSSR count). The number of hydrogen-bond acceptors (Lipinski definition) is 1. The lowest BCUT2D eigenvalue weighted by molar-refractivity contribution is 0.626. The summed E-state index contributed by atoms with van der Waals surface area (Å²) in [6, 6.07) is 8.56. The van der Waals surface area contributed by atoms with Gasteiger partial charge in [-0.2, -0.15) is 0 Å². The topological polar surface area (TPSA) is 26.0 Å². The number of benzene rings is 2. The summed E-state index contributed by atoms with van der Waals surface area (Å²) in [6.45, 7) is 0. The number of nitrogens with two attached hydrogens (primary N) is 1. The molecule has 1 nitrogen and oxygen atoms in total. The van der Waals surface area contributed by atoms with Gasteiger partial charge in [0.05, 0.1) is 10.7 Å². The molecule has 1 aliphatic carbocycles. The van der Waals surface area contributed by atoms with E-state index < -0.39 is 0 Å². The lowest BCUT2D eigenvalue weighted by atomic mass is 10.1. The Labute approximate surface area is 97.7 Å². The molecule has 2 aromatic rings. The van der Waals surface area contributed by atoms with Gasteiger partial charge in [0.1, 0.15) is 5.82 Å². The van der Waals surface area contributed by atoms with Gasteiger partial charge in [0, 0.05) is 0 Å². The van der Waals surface area contributed by atoms with Gasteiger partial charge in [-0.1, -0.05) is 17.7 Å². The van der Waals surface area contributed by atoms with Gasteiger partial charge in [-0.3, -0.25) is 0 Å². The quantitative estimate of drug-likeness (QED) is 0.590. The van der Waals surface area contributed by atoms with Crippen LogP contribution < -0.4 is 5.73 Å². The SMILES string of the molecule is Nc1cc2c(cc1Cl)-c1ccc(F)cc1C2. The van der Waals surface area contributed by atoms with Crippen LogP contribution in [-0.2, 0) is 6.42 Å². The summed E-state index contributed by atoms with van der Waals surface area (Å²) >= 11 is 5.99. The normalized spacial score (nSPS) is 12.4. The average Bonchev–Trinajstić information content (AvgIpc) is 2.55. The minimum Gasteiger partial charge on any atom is -0.398 e. The summed E-state index contributed by atoms with van der Waals surface area (Å²) in [5, 5.41) is 0.552. The van der Waals surface area contributed by atoms with E-state index in [0.29, 0.717) is 10.7 Å². The Balaban J connectivity index is 2.25. The highest BCUT2D eigenvalue weighted by molar-refractivity contribution is 6.33. The van der Waals surface area contributed by atoms with Crippen LogP contribution in [0.4, 0.5) is 10.1 Å². The van der Waals surface area contributed by atoms with E-state index >= 15 is 0 Å². The summed E-state index contributed by atoms with van der Waals surface area (Å²) in [7, 11) is 0. The third kappa shape index (κ3) is 1.30. The van der Waals surface area contributed by atoms with Gasteiger partial charge >= 0.3 is 0 Å². The van der Waals surface area contributed by atoms with Crippen molar-refractivity contribution >= 4 is 17.3 Å². The third-order valence-corrected chi connectivity index (χ3v) is 3.29. The predicted molar refractivity (Wildman–Crippen MR) is 64.1 cm³/mol. The number of hydrogen-bond donors (Lipinski definition) is 1. The maximum atomic E-state index is 13.1. The average molecular weight is 234 g/mol. The van der Waals surface area contributed by atoms with Crippen molar-refractivity contribution in [3.63, 3.8) is 0 Å². The summed E-state index contributed by atoms with van der Waals surface area (Å²) in [5.41, 5.74) is 10.6. The van der Waals surface area contributed by atoms with Crippen LogP contribution in [0.25, 0.3) is 11.1 Å². The van der Waals surface area contributed by atoms with Gasteiger partial charge in [-0.05, 0) is 52.9 Å². The van der Waals surface area contributed by atoms with E-state index in [0.717, 1.165) is 28.7 Å². The first-order valence-electron chi connectivity index (χ1n) is 5.02. The van der Waals surface area contributed by atoms with Crippen LogP contribution in [-0.4, -0.2) is 0 Å². The van der Waals surface area contributed by atoms with Crippen molar-refractivity contribution in [1.82, 2.24) is 0 Å².